The topological polar surface area (TPSA) is 82.8 Å². The molecule has 0 unspecified atom stereocenters. The zero-order valence-corrected chi connectivity index (χ0v) is 11.8. The molecule has 0 aliphatic heterocycles. The molecule has 1 aromatic carbocycles. The highest BCUT2D eigenvalue weighted by Crippen LogP contribution is 2.39. The summed E-state index contributed by atoms with van der Waals surface area (Å²) in [6.45, 7) is 0. The smallest absolute Gasteiger partial charge is 0.231 e. The van der Waals surface area contributed by atoms with Crippen molar-refractivity contribution in [2.24, 2.45) is 5.73 Å². The summed E-state index contributed by atoms with van der Waals surface area (Å²) in [4.78, 5) is 11.7. The van der Waals surface area contributed by atoms with Gasteiger partial charge >= 0.3 is 0 Å². The molecule has 0 bridgehead atoms. The third-order valence-electron chi connectivity index (χ3n) is 2.28. The van der Waals surface area contributed by atoms with Crippen molar-refractivity contribution < 1.29 is 19.0 Å². The fourth-order valence-electron chi connectivity index (χ4n) is 1.52. The second-order valence-corrected chi connectivity index (χ2v) is 4.13. The van der Waals surface area contributed by atoms with Crippen molar-refractivity contribution in [3.63, 3.8) is 0 Å². The fourth-order valence-corrected chi connectivity index (χ4v) is 1.65. The van der Waals surface area contributed by atoms with E-state index in [1.165, 1.54) is 21.3 Å². The van der Waals surface area contributed by atoms with Gasteiger partial charge in [-0.15, -0.1) is 0 Å². The van der Waals surface area contributed by atoms with Crippen molar-refractivity contribution in [3.05, 3.63) is 12.1 Å². The van der Waals surface area contributed by atoms with Gasteiger partial charge in [0.25, 0.3) is 0 Å². The normalized spacial score (nSPS) is 9.63. The number of ether oxygens (including phenoxy) is 3. The minimum absolute atomic E-state index is 0.0218. The number of nitrogens with one attached hydrogen (secondary N) is 1. The molecule has 1 rings (SSSR count). The van der Waals surface area contributed by atoms with Crippen LogP contribution in [0.1, 0.15) is 6.42 Å². The Balaban J connectivity index is 3.02. The Hall–Kier alpha value is -2.02. The molecule has 0 aliphatic rings. The van der Waals surface area contributed by atoms with Crippen LogP contribution in [0.2, 0.25) is 0 Å². The Morgan fingerprint density at radius 2 is 1.74 bits per heavy atom. The van der Waals surface area contributed by atoms with Crippen LogP contribution in [0, 0.1) is 0 Å². The van der Waals surface area contributed by atoms with Gasteiger partial charge in [0.2, 0.25) is 11.7 Å². The van der Waals surface area contributed by atoms with Crippen LogP contribution in [0.4, 0.5) is 5.69 Å². The first-order valence-electron chi connectivity index (χ1n) is 5.40. The van der Waals surface area contributed by atoms with Crippen LogP contribution >= 0.6 is 12.2 Å². The third kappa shape index (κ3) is 3.99. The van der Waals surface area contributed by atoms with E-state index in [2.05, 4.69) is 17.5 Å². The third-order valence-corrected chi connectivity index (χ3v) is 2.43. The van der Waals surface area contributed by atoms with Crippen molar-refractivity contribution in [2.75, 3.05) is 26.6 Å². The summed E-state index contributed by atoms with van der Waals surface area (Å²) in [5.41, 5.74) is 5.82. The van der Waals surface area contributed by atoms with Crippen LogP contribution in [-0.2, 0) is 4.79 Å². The van der Waals surface area contributed by atoms with E-state index in [9.17, 15) is 4.79 Å². The number of hydrogen-bond acceptors (Lipinski definition) is 5. The molecule has 1 aromatic rings. The number of carbonyl (C=O) groups excluding carboxylic acids is 1. The van der Waals surface area contributed by atoms with Crippen LogP contribution in [0.15, 0.2) is 12.1 Å². The average molecular weight is 284 g/mol. The average Bonchev–Trinajstić information content (AvgIpc) is 2.36. The zero-order valence-electron chi connectivity index (χ0n) is 11.0. The van der Waals surface area contributed by atoms with E-state index in [4.69, 9.17) is 19.9 Å². The predicted octanol–water partition coefficient (Wildman–Crippen LogP) is 1.33. The van der Waals surface area contributed by atoms with Crippen LogP contribution in [0.25, 0.3) is 0 Å². The van der Waals surface area contributed by atoms with Crippen molar-refractivity contribution >= 4 is 28.8 Å². The quantitative estimate of drug-likeness (QED) is 0.767. The molecule has 0 aromatic heterocycles. The molecule has 1 amide bonds. The molecule has 0 heterocycles. The number of amides is 1. The first-order chi connectivity index (χ1) is 9.01. The molecule has 19 heavy (non-hydrogen) atoms. The lowest BCUT2D eigenvalue weighted by atomic mass is 10.2. The molecule has 0 saturated carbocycles. The van der Waals surface area contributed by atoms with E-state index >= 15 is 0 Å². The molecule has 0 saturated heterocycles. The van der Waals surface area contributed by atoms with Crippen LogP contribution < -0.4 is 25.3 Å². The summed E-state index contributed by atoms with van der Waals surface area (Å²) < 4.78 is 15.5. The number of rotatable bonds is 6. The molecule has 0 aliphatic carbocycles. The molecule has 7 heteroatoms. The molecule has 3 N–H and O–H groups in total. The summed E-state index contributed by atoms with van der Waals surface area (Å²) in [7, 11) is 4.50. The van der Waals surface area contributed by atoms with Gasteiger partial charge in [-0.05, 0) is 0 Å². The van der Waals surface area contributed by atoms with Gasteiger partial charge in [-0.2, -0.15) is 0 Å². The van der Waals surface area contributed by atoms with Crippen molar-refractivity contribution in [3.8, 4) is 17.2 Å². The first-order valence-corrected chi connectivity index (χ1v) is 5.80. The Labute approximate surface area is 116 Å². The van der Waals surface area contributed by atoms with E-state index in [0.29, 0.717) is 22.9 Å². The maximum atomic E-state index is 11.6. The first kappa shape index (κ1) is 15.0. The number of anilines is 1. The molecular weight excluding hydrogens is 268 g/mol. The minimum atomic E-state index is -0.304. The number of methoxy groups -OCH3 is 3. The lowest BCUT2D eigenvalue weighted by Gasteiger charge is -2.14. The number of carbonyl (C=O) groups is 1. The molecule has 0 spiro atoms. The highest BCUT2D eigenvalue weighted by atomic mass is 32.1. The number of nitrogens with two attached hydrogens (primary N) is 1. The van der Waals surface area contributed by atoms with Gasteiger partial charge in [-0.25, -0.2) is 0 Å². The Bertz CT molecular complexity index is 466. The Morgan fingerprint density at radius 3 is 2.11 bits per heavy atom. The maximum Gasteiger partial charge on any atom is 0.231 e. The monoisotopic (exact) mass is 284 g/mol. The van der Waals surface area contributed by atoms with Crippen molar-refractivity contribution in [1.29, 1.82) is 0 Å². The van der Waals surface area contributed by atoms with E-state index in [0.717, 1.165) is 0 Å². The van der Waals surface area contributed by atoms with Gasteiger partial charge in [-0.3, -0.25) is 4.79 Å². The second-order valence-electron chi connectivity index (χ2n) is 3.61. The SMILES string of the molecule is COc1cc(NC(=O)CC(N)=S)cc(OC)c1OC. The van der Waals surface area contributed by atoms with E-state index < -0.39 is 0 Å². The van der Waals surface area contributed by atoms with Gasteiger partial charge in [0, 0.05) is 17.8 Å². The Morgan fingerprint density at radius 1 is 1.21 bits per heavy atom. The van der Waals surface area contributed by atoms with Gasteiger partial charge in [0.05, 0.1) is 32.7 Å². The highest BCUT2D eigenvalue weighted by molar-refractivity contribution is 7.80. The summed E-state index contributed by atoms with van der Waals surface area (Å²) in [6, 6.07) is 3.25. The number of hydrogen-bond donors (Lipinski definition) is 2. The van der Waals surface area contributed by atoms with E-state index in [1.54, 1.807) is 12.1 Å². The number of benzene rings is 1. The van der Waals surface area contributed by atoms with Crippen LogP contribution in [0.5, 0.6) is 17.2 Å². The van der Waals surface area contributed by atoms with Gasteiger partial charge < -0.3 is 25.3 Å². The molecular formula is C12H16N2O4S. The molecule has 6 nitrogen and oxygen atoms in total. The van der Waals surface area contributed by atoms with Crippen molar-refractivity contribution in [2.45, 2.75) is 6.42 Å². The molecule has 0 atom stereocenters. The fraction of sp³-hybridized carbons (Fsp3) is 0.333. The summed E-state index contributed by atoms with van der Waals surface area (Å²) in [5.74, 6) is 1.05. The molecule has 0 radical (unpaired) electrons. The molecule has 104 valence electrons. The van der Waals surface area contributed by atoms with Gasteiger partial charge in [0.15, 0.2) is 11.5 Å². The minimum Gasteiger partial charge on any atom is -0.493 e. The standard InChI is InChI=1S/C12H16N2O4S/c1-16-8-4-7(14-11(15)6-10(13)19)5-9(17-2)12(8)18-3/h4-5H,6H2,1-3H3,(H2,13,19)(H,14,15). The summed E-state index contributed by atoms with van der Waals surface area (Å²) in [6.07, 6.45) is -0.0218. The predicted molar refractivity (Wildman–Crippen MR) is 76.1 cm³/mol. The second kappa shape index (κ2) is 6.79. The summed E-state index contributed by atoms with van der Waals surface area (Å²) >= 11 is 4.67. The Kier molecular flexibility index (Phi) is 5.37. The maximum absolute atomic E-state index is 11.6. The number of thiocarbonyl (C=S) groups is 1. The van der Waals surface area contributed by atoms with E-state index in [-0.39, 0.29) is 17.3 Å². The highest BCUT2D eigenvalue weighted by Gasteiger charge is 2.14. The van der Waals surface area contributed by atoms with E-state index in [1.807, 2.05) is 0 Å². The van der Waals surface area contributed by atoms with Crippen LogP contribution in [-0.4, -0.2) is 32.2 Å². The zero-order chi connectivity index (χ0) is 14.4. The lowest BCUT2D eigenvalue weighted by Crippen LogP contribution is -2.20. The molecule has 0 fully saturated rings. The van der Waals surface area contributed by atoms with Gasteiger partial charge in [-0.1, -0.05) is 12.2 Å². The largest absolute Gasteiger partial charge is 0.493 e. The van der Waals surface area contributed by atoms with Gasteiger partial charge in [0.1, 0.15) is 0 Å². The van der Waals surface area contributed by atoms with Crippen molar-refractivity contribution in [1.82, 2.24) is 0 Å². The lowest BCUT2D eigenvalue weighted by molar-refractivity contribution is -0.115. The van der Waals surface area contributed by atoms with Crippen LogP contribution in [0.3, 0.4) is 0 Å². The summed E-state index contributed by atoms with van der Waals surface area (Å²) in [5, 5.41) is 2.65.